The van der Waals surface area contributed by atoms with E-state index >= 15 is 0 Å². The number of benzene rings is 1. The van der Waals surface area contributed by atoms with Crippen molar-refractivity contribution in [2.75, 3.05) is 6.61 Å². The van der Waals surface area contributed by atoms with E-state index in [0.717, 1.165) is 0 Å². The van der Waals surface area contributed by atoms with Crippen molar-refractivity contribution < 1.29 is 18.8 Å². The maximum Gasteiger partial charge on any atom is 0.372 e. The SMILES string of the molecule is C/C(=N\OC(=O)COc1ccc(Cl)cc1)c1ccco1. The highest BCUT2D eigenvalue weighted by atomic mass is 35.5. The first kappa shape index (κ1) is 14.1. The van der Waals surface area contributed by atoms with Crippen molar-refractivity contribution in [3.8, 4) is 5.75 Å². The van der Waals surface area contributed by atoms with Gasteiger partial charge in [-0.05, 0) is 43.3 Å². The van der Waals surface area contributed by atoms with Crippen LogP contribution in [0.1, 0.15) is 12.7 Å². The van der Waals surface area contributed by atoms with Gasteiger partial charge in [0.2, 0.25) is 0 Å². The van der Waals surface area contributed by atoms with Gasteiger partial charge in [-0.2, -0.15) is 0 Å². The van der Waals surface area contributed by atoms with E-state index in [9.17, 15) is 4.79 Å². The standard InChI is InChI=1S/C14H12ClNO4/c1-10(13-3-2-8-18-13)16-20-14(17)9-19-12-6-4-11(15)5-7-12/h2-8H,9H2,1H3/b16-10+. The lowest BCUT2D eigenvalue weighted by Crippen LogP contribution is -2.13. The van der Waals surface area contributed by atoms with E-state index in [1.165, 1.54) is 6.26 Å². The molecule has 0 fully saturated rings. The molecule has 0 saturated carbocycles. The van der Waals surface area contributed by atoms with Crippen molar-refractivity contribution in [2.24, 2.45) is 5.16 Å². The number of ether oxygens (including phenoxy) is 1. The highest BCUT2D eigenvalue weighted by Gasteiger charge is 2.06. The molecule has 1 aromatic carbocycles. The quantitative estimate of drug-likeness (QED) is 0.482. The summed E-state index contributed by atoms with van der Waals surface area (Å²) in [4.78, 5) is 16.2. The molecule has 1 heterocycles. The molecule has 0 aliphatic carbocycles. The van der Waals surface area contributed by atoms with Gasteiger partial charge in [-0.15, -0.1) is 0 Å². The van der Waals surface area contributed by atoms with Crippen molar-refractivity contribution in [3.05, 3.63) is 53.4 Å². The van der Waals surface area contributed by atoms with Crippen molar-refractivity contribution in [2.45, 2.75) is 6.92 Å². The van der Waals surface area contributed by atoms with Crippen LogP contribution in [0.4, 0.5) is 0 Å². The van der Waals surface area contributed by atoms with Gasteiger partial charge in [0.1, 0.15) is 11.5 Å². The van der Waals surface area contributed by atoms with E-state index in [1.807, 2.05) is 0 Å². The molecule has 0 aliphatic rings. The van der Waals surface area contributed by atoms with Gasteiger partial charge in [-0.25, -0.2) is 4.79 Å². The number of rotatable bonds is 5. The van der Waals surface area contributed by atoms with Gasteiger partial charge < -0.3 is 14.0 Å². The number of hydrogen-bond donors (Lipinski definition) is 0. The molecule has 0 saturated heterocycles. The Hall–Kier alpha value is -2.27. The molecule has 2 rings (SSSR count). The van der Waals surface area contributed by atoms with E-state index in [1.54, 1.807) is 43.3 Å². The molecular formula is C14H12ClNO4. The second-order valence-electron chi connectivity index (χ2n) is 3.86. The molecule has 5 nitrogen and oxygen atoms in total. The molecule has 6 heteroatoms. The van der Waals surface area contributed by atoms with E-state index in [0.29, 0.717) is 22.2 Å². The van der Waals surface area contributed by atoms with E-state index in [4.69, 9.17) is 25.6 Å². The molecular weight excluding hydrogens is 282 g/mol. The van der Waals surface area contributed by atoms with Crippen LogP contribution in [0.2, 0.25) is 5.02 Å². The number of hydrogen-bond acceptors (Lipinski definition) is 5. The van der Waals surface area contributed by atoms with Crippen molar-refractivity contribution >= 4 is 23.3 Å². The Kier molecular flexibility index (Phi) is 4.79. The molecule has 2 aromatic rings. The molecule has 0 aliphatic heterocycles. The summed E-state index contributed by atoms with van der Waals surface area (Å²) >= 11 is 5.73. The van der Waals surface area contributed by atoms with Gasteiger partial charge in [0.25, 0.3) is 0 Å². The summed E-state index contributed by atoms with van der Waals surface area (Å²) in [5, 5.41) is 4.26. The van der Waals surface area contributed by atoms with Gasteiger partial charge in [0.15, 0.2) is 12.4 Å². The average Bonchev–Trinajstić information content (AvgIpc) is 2.98. The Morgan fingerprint density at radius 1 is 1.30 bits per heavy atom. The smallest absolute Gasteiger partial charge is 0.372 e. The van der Waals surface area contributed by atoms with Crippen molar-refractivity contribution in [3.63, 3.8) is 0 Å². The summed E-state index contributed by atoms with van der Waals surface area (Å²) in [5.74, 6) is 0.459. The average molecular weight is 294 g/mol. The lowest BCUT2D eigenvalue weighted by atomic mass is 10.3. The Morgan fingerprint density at radius 2 is 2.05 bits per heavy atom. The second-order valence-corrected chi connectivity index (χ2v) is 4.30. The molecule has 0 atom stereocenters. The minimum absolute atomic E-state index is 0.240. The molecule has 104 valence electrons. The molecule has 0 radical (unpaired) electrons. The normalized spacial score (nSPS) is 11.2. The number of nitrogens with zero attached hydrogens (tertiary/aromatic N) is 1. The third-order valence-corrected chi connectivity index (χ3v) is 2.58. The van der Waals surface area contributed by atoms with Crippen molar-refractivity contribution in [1.29, 1.82) is 0 Å². The van der Waals surface area contributed by atoms with E-state index in [-0.39, 0.29) is 6.61 Å². The van der Waals surface area contributed by atoms with Gasteiger partial charge in [0, 0.05) is 5.02 Å². The minimum atomic E-state index is -0.606. The lowest BCUT2D eigenvalue weighted by molar-refractivity contribution is -0.146. The van der Waals surface area contributed by atoms with Gasteiger partial charge >= 0.3 is 5.97 Å². The van der Waals surface area contributed by atoms with E-state index in [2.05, 4.69) is 5.16 Å². The molecule has 1 aromatic heterocycles. The van der Waals surface area contributed by atoms with Crippen LogP contribution in [0.5, 0.6) is 5.75 Å². The monoisotopic (exact) mass is 293 g/mol. The Bertz CT molecular complexity index is 590. The summed E-state index contributed by atoms with van der Waals surface area (Å²) in [7, 11) is 0. The first-order chi connectivity index (χ1) is 9.65. The minimum Gasteiger partial charge on any atom is -0.482 e. The van der Waals surface area contributed by atoms with Crippen LogP contribution in [0.25, 0.3) is 0 Å². The lowest BCUT2D eigenvalue weighted by Gasteiger charge is -2.04. The molecule has 0 spiro atoms. The first-order valence-corrected chi connectivity index (χ1v) is 6.19. The first-order valence-electron chi connectivity index (χ1n) is 5.82. The van der Waals surface area contributed by atoms with Crippen LogP contribution in [0, 0.1) is 0 Å². The van der Waals surface area contributed by atoms with Crippen LogP contribution in [0.15, 0.2) is 52.2 Å². The summed E-state index contributed by atoms with van der Waals surface area (Å²) < 4.78 is 10.3. The summed E-state index contributed by atoms with van der Waals surface area (Å²) in [5.41, 5.74) is 0.467. The summed E-state index contributed by atoms with van der Waals surface area (Å²) in [6.07, 6.45) is 1.51. The number of halogens is 1. The Morgan fingerprint density at radius 3 is 2.70 bits per heavy atom. The Balaban J connectivity index is 1.81. The second kappa shape index (κ2) is 6.77. The van der Waals surface area contributed by atoms with Crippen LogP contribution < -0.4 is 4.74 Å². The number of furan rings is 1. The topological polar surface area (TPSA) is 61.0 Å². The van der Waals surface area contributed by atoms with Crippen LogP contribution >= 0.6 is 11.6 Å². The summed E-state index contributed by atoms with van der Waals surface area (Å²) in [6.45, 7) is 1.43. The van der Waals surface area contributed by atoms with Gasteiger partial charge in [0.05, 0.1) is 6.26 Å². The highest BCUT2D eigenvalue weighted by molar-refractivity contribution is 6.30. The third kappa shape index (κ3) is 4.13. The maximum absolute atomic E-state index is 11.4. The Labute approximate surface area is 120 Å². The molecule has 0 unspecified atom stereocenters. The summed E-state index contributed by atoms with van der Waals surface area (Å²) in [6, 6.07) is 10.1. The number of carbonyl (C=O) groups excluding carboxylic acids is 1. The predicted octanol–water partition coefficient (Wildman–Crippen LogP) is 3.28. The zero-order valence-corrected chi connectivity index (χ0v) is 11.5. The van der Waals surface area contributed by atoms with Gasteiger partial charge in [-0.1, -0.05) is 16.8 Å². The van der Waals surface area contributed by atoms with E-state index < -0.39 is 5.97 Å². The zero-order valence-electron chi connectivity index (χ0n) is 10.7. The number of carbonyl (C=O) groups is 1. The van der Waals surface area contributed by atoms with Crippen LogP contribution in [0.3, 0.4) is 0 Å². The fraction of sp³-hybridized carbons (Fsp3) is 0.143. The third-order valence-electron chi connectivity index (χ3n) is 2.33. The fourth-order valence-corrected chi connectivity index (χ4v) is 1.47. The van der Waals surface area contributed by atoms with Gasteiger partial charge in [-0.3, -0.25) is 0 Å². The largest absolute Gasteiger partial charge is 0.482 e. The fourth-order valence-electron chi connectivity index (χ4n) is 1.35. The number of oxime groups is 1. The zero-order chi connectivity index (χ0) is 14.4. The van der Waals surface area contributed by atoms with Crippen LogP contribution in [-0.4, -0.2) is 18.3 Å². The predicted molar refractivity (Wildman–Crippen MR) is 74.0 cm³/mol. The van der Waals surface area contributed by atoms with Crippen molar-refractivity contribution in [1.82, 2.24) is 0 Å². The molecule has 0 bridgehead atoms. The maximum atomic E-state index is 11.4. The van der Waals surface area contributed by atoms with Crippen LogP contribution in [-0.2, 0) is 9.63 Å². The highest BCUT2D eigenvalue weighted by Crippen LogP contribution is 2.15. The molecule has 20 heavy (non-hydrogen) atoms. The molecule has 0 amide bonds. The molecule has 0 N–H and O–H groups in total.